The Morgan fingerprint density at radius 3 is 2.10 bits per heavy atom. The van der Waals surface area contributed by atoms with Crippen molar-refractivity contribution in [2.45, 2.75) is 80.4 Å². The number of benzene rings is 5. The molecule has 3 heterocycles. The Hall–Kier alpha value is -5.15. The summed E-state index contributed by atoms with van der Waals surface area (Å²) in [6.45, 7) is 13.8. The third-order valence-electron chi connectivity index (χ3n) is 10.2. The number of nitrogens with zero attached hydrogens (tertiary/aromatic N) is 2. The normalized spacial score (nSPS) is 15.6. The van der Waals surface area contributed by atoms with E-state index in [1.807, 2.05) is 84.1 Å². The van der Waals surface area contributed by atoms with Crippen LogP contribution in [0, 0.1) is 29.8 Å². The Bertz CT molecular complexity index is 3010. The fourth-order valence-electron chi connectivity index (χ4n) is 7.81. The van der Waals surface area contributed by atoms with Crippen LogP contribution in [0.3, 0.4) is 0 Å². The Labute approximate surface area is 368 Å². The summed E-state index contributed by atoms with van der Waals surface area (Å²) in [6, 6.07) is 43.4. The summed E-state index contributed by atoms with van der Waals surface area (Å²) in [5.74, 6) is 0. The van der Waals surface area contributed by atoms with Crippen LogP contribution in [0.25, 0.3) is 66.7 Å². The number of hydrogen-bond acceptors (Lipinski definition) is 3. The van der Waals surface area contributed by atoms with Gasteiger partial charge in [0.1, 0.15) is 5.58 Å². The number of pyridine rings is 2. The van der Waals surface area contributed by atoms with Gasteiger partial charge in [-0.25, -0.2) is 0 Å². The molecule has 5 aromatic carbocycles. The van der Waals surface area contributed by atoms with E-state index in [2.05, 4.69) is 79.5 Å². The molecule has 58 heavy (non-hydrogen) atoms. The van der Waals surface area contributed by atoms with E-state index in [1.165, 1.54) is 34.5 Å². The van der Waals surface area contributed by atoms with Gasteiger partial charge < -0.3 is 14.4 Å². The van der Waals surface area contributed by atoms with Gasteiger partial charge in [0.2, 0.25) is 0 Å². The summed E-state index contributed by atoms with van der Waals surface area (Å²) in [5, 5.41) is 2.17. The molecule has 0 atom stereocenters. The van der Waals surface area contributed by atoms with Gasteiger partial charge in [-0.3, -0.25) is 0 Å². The molecule has 3 nitrogen and oxygen atoms in total. The van der Waals surface area contributed by atoms with Crippen molar-refractivity contribution in [3.8, 4) is 44.8 Å². The monoisotopic (exact) mass is 944 g/mol. The minimum absolute atomic E-state index is 0. The van der Waals surface area contributed by atoms with E-state index in [9.17, 15) is 0 Å². The van der Waals surface area contributed by atoms with Gasteiger partial charge in [0.05, 0.1) is 5.58 Å². The van der Waals surface area contributed by atoms with Crippen molar-refractivity contribution in [3.63, 3.8) is 0 Å². The average molecular weight is 944 g/mol. The van der Waals surface area contributed by atoms with Crippen LogP contribution in [0.1, 0.15) is 92.8 Å². The number of aromatic nitrogens is 2. The van der Waals surface area contributed by atoms with Gasteiger partial charge in [-0.15, -0.1) is 53.6 Å². The Kier molecular flexibility index (Phi) is 8.98. The third kappa shape index (κ3) is 8.37. The predicted octanol–water partition coefficient (Wildman–Crippen LogP) is 14.5. The van der Waals surface area contributed by atoms with Crippen LogP contribution in [-0.2, 0) is 38.3 Å². The van der Waals surface area contributed by atoms with Crippen molar-refractivity contribution in [3.05, 3.63) is 168 Å². The van der Waals surface area contributed by atoms with Crippen molar-refractivity contribution in [2.24, 2.45) is 10.8 Å². The molecule has 0 saturated heterocycles. The fourth-order valence-corrected chi connectivity index (χ4v) is 7.81. The van der Waals surface area contributed by atoms with Gasteiger partial charge in [0.25, 0.3) is 0 Å². The summed E-state index contributed by atoms with van der Waals surface area (Å²) >= 11 is 0. The molecule has 0 saturated carbocycles. The minimum Gasteiger partial charge on any atom is -0.500 e. The van der Waals surface area contributed by atoms with Crippen LogP contribution in [0.2, 0.25) is 0 Å². The van der Waals surface area contributed by atoms with E-state index in [4.69, 9.17) is 19.0 Å². The standard InChI is InChI=1S/C37H32NO.C17H20N.Ir/c1-36(2,3)22-23-13-15-24(16-14-23)25-19-20-38-32(21-25)30-11-8-10-28-29-18-17-27-26-9-6-7-12-31(26)37(4,5)33(27)35(29)39-34(28)30;1-13-5-8-15(9-6-13)16-10-7-14(12-18-16)11-17(2,3)4;/h6-10,12-21H,22H2,1-5H3;5-8,10,12H,11H2,1-4H3;/q2*-1;/i22D2;1D3,11D2;. The molecule has 4 heteroatoms. The molecule has 0 bridgehead atoms. The van der Waals surface area contributed by atoms with Crippen molar-refractivity contribution in [1.82, 2.24) is 9.97 Å². The largest absolute Gasteiger partial charge is 0.500 e. The first-order chi connectivity index (χ1) is 29.9. The molecule has 0 N–H and O–H groups in total. The first kappa shape index (κ1) is 32.8. The number of furan rings is 1. The molecular weight excluding hydrogens is 885 g/mol. The van der Waals surface area contributed by atoms with E-state index in [0.29, 0.717) is 22.4 Å². The summed E-state index contributed by atoms with van der Waals surface area (Å²) < 4.78 is 62.6. The van der Waals surface area contributed by atoms with Gasteiger partial charge in [-0.05, 0) is 80.0 Å². The second-order valence-corrected chi connectivity index (χ2v) is 17.4. The zero-order valence-electron chi connectivity index (χ0n) is 41.3. The Morgan fingerprint density at radius 1 is 0.690 bits per heavy atom. The molecule has 8 aromatic rings. The Morgan fingerprint density at radius 2 is 1.41 bits per heavy atom. The van der Waals surface area contributed by atoms with Crippen molar-refractivity contribution >= 4 is 21.9 Å². The molecule has 0 spiro atoms. The number of fused-ring (bicyclic) bond motifs is 7. The second-order valence-electron chi connectivity index (χ2n) is 17.4. The van der Waals surface area contributed by atoms with E-state index in [0.717, 1.165) is 44.3 Å². The first-order valence-electron chi connectivity index (χ1n) is 23.0. The van der Waals surface area contributed by atoms with Gasteiger partial charge in [-0.1, -0.05) is 152 Å². The van der Waals surface area contributed by atoms with Crippen LogP contribution >= 0.6 is 0 Å². The predicted molar refractivity (Wildman–Crippen MR) is 238 cm³/mol. The van der Waals surface area contributed by atoms with Crippen LogP contribution in [0.15, 0.2) is 132 Å². The van der Waals surface area contributed by atoms with Crippen LogP contribution < -0.4 is 0 Å². The van der Waals surface area contributed by atoms with Gasteiger partial charge in [-0.2, -0.15) is 0 Å². The van der Waals surface area contributed by atoms with E-state index >= 15 is 0 Å². The molecule has 1 aliphatic carbocycles. The zero-order chi connectivity index (χ0) is 46.2. The van der Waals surface area contributed by atoms with Gasteiger partial charge >= 0.3 is 0 Å². The van der Waals surface area contributed by atoms with Crippen LogP contribution in [-0.4, -0.2) is 9.97 Å². The maximum atomic E-state index is 8.61. The number of rotatable bonds is 5. The summed E-state index contributed by atoms with van der Waals surface area (Å²) in [4.78, 5) is 9.04. The molecule has 0 fully saturated rings. The quantitative estimate of drug-likeness (QED) is 0.161. The average Bonchev–Trinajstić information content (AvgIpc) is 3.75. The summed E-state index contributed by atoms with van der Waals surface area (Å²) in [5.41, 5.74) is 12.0. The SMILES string of the molecule is [2H]C([2H])([2H])c1c[c-]c(-c2ccc(C([2H])([2H])C(C)(C)C)cn2)cc1.[2H]C([2H])(c1ccc(-c2ccnc(-c3[c-]ccc4c3oc3c5c(ccc34)-c3ccccc3C5(C)C)c2)cc1)C(C)(C)C.[Ir]. The Balaban J connectivity index is 0.000000225. The molecule has 295 valence electrons. The smallest absolute Gasteiger partial charge is 0.125 e. The van der Waals surface area contributed by atoms with Crippen LogP contribution in [0.4, 0.5) is 0 Å². The van der Waals surface area contributed by atoms with Crippen molar-refractivity contribution < 1.29 is 34.1 Å². The molecule has 1 radical (unpaired) electrons. The van der Waals surface area contributed by atoms with Crippen molar-refractivity contribution in [2.75, 3.05) is 0 Å². The minimum atomic E-state index is -2.14. The van der Waals surface area contributed by atoms with Crippen LogP contribution in [0.5, 0.6) is 0 Å². The number of hydrogen-bond donors (Lipinski definition) is 0. The fraction of sp³-hybridized carbons (Fsp3) is 0.259. The maximum Gasteiger partial charge on any atom is 0.125 e. The van der Waals surface area contributed by atoms with E-state index < -0.39 is 30.4 Å². The molecule has 0 amide bonds. The summed E-state index contributed by atoms with van der Waals surface area (Å²) in [6.07, 6.45) is 0.427. The van der Waals surface area contributed by atoms with Crippen molar-refractivity contribution in [1.29, 1.82) is 0 Å². The van der Waals surface area contributed by atoms with Gasteiger partial charge in [0.15, 0.2) is 0 Å². The molecule has 0 aliphatic heterocycles. The second kappa shape index (κ2) is 15.9. The zero-order valence-corrected chi connectivity index (χ0v) is 36.7. The third-order valence-corrected chi connectivity index (χ3v) is 10.2. The topological polar surface area (TPSA) is 38.9 Å². The number of aryl methyl sites for hydroxylation is 1. The van der Waals surface area contributed by atoms with E-state index in [1.54, 1.807) is 24.3 Å². The summed E-state index contributed by atoms with van der Waals surface area (Å²) in [7, 11) is 0. The molecule has 0 unspecified atom stereocenters. The van der Waals surface area contributed by atoms with E-state index in [-0.39, 0.29) is 31.1 Å². The molecule has 3 aromatic heterocycles. The molecular formula is C54H52IrN2O-2. The maximum absolute atomic E-state index is 8.61. The van der Waals surface area contributed by atoms with Gasteiger partial charge in [0, 0.05) is 58.5 Å². The molecule has 1 aliphatic rings. The molecule has 9 rings (SSSR count). The first-order valence-corrected chi connectivity index (χ1v) is 19.5.